The van der Waals surface area contributed by atoms with E-state index in [1.54, 1.807) is 0 Å². The predicted molar refractivity (Wildman–Crippen MR) is 67.5 cm³/mol. The molecule has 84 valence electrons. The molecule has 0 atom stereocenters. The summed E-state index contributed by atoms with van der Waals surface area (Å²) < 4.78 is 1.99. The Kier molecular flexibility index (Phi) is 2.88. The standard InChI is InChI=1S/C12H14ClN3/c1-3-16-8(2)15-11(12(16)14)9-4-6-10(13)7-5-9/h4-7H,3,14H2,1-2H3. The van der Waals surface area contributed by atoms with Gasteiger partial charge >= 0.3 is 0 Å². The molecule has 0 aliphatic rings. The van der Waals surface area contributed by atoms with E-state index in [0.29, 0.717) is 10.8 Å². The fourth-order valence-electron chi connectivity index (χ4n) is 1.80. The molecule has 0 unspecified atom stereocenters. The van der Waals surface area contributed by atoms with Gasteiger partial charge in [0.1, 0.15) is 17.3 Å². The first-order valence-corrected chi connectivity index (χ1v) is 5.59. The Bertz CT molecular complexity index is 500. The second-order valence-electron chi connectivity index (χ2n) is 3.64. The van der Waals surface area contributed by atoms with Gasteiger partial charge in [-0.05, 0) is 26.0 Å². The molecule has 0 bridgehead atoms. The fraction of sp³-hybridized carbons (Fsp3) is 0.250. The quantitative estimate of drug-likeness (QED) is 0.869. The number of nitrogens with zero attached hydrogens (tertiary/aromatic N) is 2. The Labute approximate surface area is 99.9 Å². The number of benzene rings is 1. The Hall–Kier alpha value is -1.48. The van der Waals surface area contributed by atoms with Gasteiger partial charge in [-0.25, -0.2) is 4.98 Å². The normalized spacial score (nSPS) is 10.7. The van der Waals surface area contributed by atoms with Crippen LogP contribution in [-0.2, 0) is 6.54 Å². The van der Waals surface area contributed by atoms with E-state index in [1.165, 1.54) is 0 Å². The van der Waals surface area contributed by atoms with Gasteiger partial charge in [0, 0.05) is 17.1 Å². The number of imidazole rings is 1. The lowest BCUT2D eigenvalue weighted by atomic mass is 10.1. The first-order chi connectivity index (χ1) is 7.63. The van der Waals surface area contributed by atoms with Gasteiger partial charge in [0.05, 0.1) is 0 Å². The molecule has 0 aliphatic carbocycles. The highest BCUT2D eigenvalue weighted by Crippen LogP contribution is 2.27. The predicted octanol–water partition coefficient (Wildman–Crippen LogP) is 3.11. The Morgan fingerprint density at radius 2 is 1.94 bits per heavy atom. The van der Waals surface area contributed by atoms with E-state index in [0.717, 1.165) is 23.6 Å². The summed E-state index contributed by atoms with van der Waals surface area (Å²) in [5.74, 6) is 1.65. The molecule has 0 aliphatic heterocycles. The lowest BCUT2D eigenvalue weighted by Gasteiger charge is -2.03. The van der Waals surface area contributed by atoms with Crippen LogP contribution in [0.25, 0.3) is 11.3 Å². The molecule has 2 rings (SSSR count). The first-order valence-electron chi connectivity index (χ1n) is 5.22. The average molecular weight is 236 g/mol. The maximum absolute atomic E-state index is 6.05. The summed E-state index contributed by atoms with van der Waals surface area (Å²) in [7, 11) is 0. The Morgan fingerprint density at radius 3 is 2.44 bits per heavy atom. The molecule has 0 radical (unpaired) electrons. The summed E-state index contributed by atoms with van der Waals surface area (Å²) in [6.45, 7) is 4.84. The van der Waals surface area contributed by atoms with Crippen LogP contribution >= 0.6 is 11.6 Å². The van der Waals surface area contributed by atoms with Crippen LogP contribution in [0.15, 0.2) is 24.3 Å². The minimum absolute atomic E-state index is 0.710. The topological polar surface area (TPSA) is 43.8 Å². The van der Waals surface area contributed by atoms with Gasteiger partial charge < -0.3 is 10.3 Å². The van der Waals surface area contributed by atoms with Gasteiger partial charge in [-0.3, -0.25) is 0 Å². The summed E-state index contributed by atoms with van der Waals surface area (Å²) in [4.78, 5) is 4.48. The monoisotopic (exact) mass is 235 g/mol. The van der Waals surface area contributed by atoms with Crippen LogP contribution in [0.2, 0.25) is 5.02 Å². The van der Waals surface area contributed by atoms with Crippen molar-refractivity contribution < 1.29 is 0 Å². The molecule has 3 nitrogen and oxygen atoms in total. The molecule has 16 heavy (non-hydrogen) atoms. The number of hydrogen-bond donors (Lipinski definition) is 1. The van der Waals surface area contributed by atoms with Crippen LogP contribution in [0.5, 0.6) is 0 Å². The number of halogens is 1. The molecule has 0 spiro atoms. The number of aryl methyl sites for hydroxylation is 1. The smallest absolute Gasteiger partial charge is 0.131 e. The average Bonchev–Trinajstić information content (AvgIpc) is 2.55. The number of aromatic nitrogens is 2. The molecular formula is C12H14ClN3. The lowest BCUT2D eigenvalue weighted by molar-refractivity contribution is 0.739. The van der Waals surface area contributed by atoms with Crippen molar-refractivity contribution in [3.8, 4) is 11.3 Å². The number of hydrogen-bond acceptors (Lipinski definition) is 2. The van der Waals surface area contributed by atoms with Crippen LogP contribution in [0.4, 0.5) is 5.82 Å². The molecule has 1 aromatic heterocycles. The van der Waals surface area contributed by atoms with Crippen molar-refractivity contribution in [1.29, 1.82) is 0 Å². The zero-order valence-corrected chi connectivity index (χ0v) is 10.1. The summed E-state index contributed by atoms with van der Waals surface area (Å²) in [6.07, 6.45) is 0. The number of nitrogen functional groups attached to an aromatic ring is 1. The van der Waals surface area contributed by atoms with Gasteiger partial charge in [0.25, 0.3) is 0 Å². The SMILES string of the molecule is CCn1c(C)nc(-c2ccc(Cl)cc2)c1N. The number of nitrogens with two attached hydrogens (primary N) is 1. The number of anilines is 1. The molecule has 0 saturated carbocycles. The third kappa shape index (κ3) is 1.78. The van der Waals surface area contributed by atoms with Crippen LogP contribution in [0, 0.1) is 6.92 Å². The van der Waals surface area contributed by atoms with Gasteiger partial charge in [-0.15, -0.1) is 0 Å². The minimum Gasteiger partial charge on any atom is -0.383 e. The van der Waals surface area contributed by atoms with Crippen LogP contribution < -0.4 is 5.73 Å². The summed E-state index contributed by atoms with van der Waals surface area (Å²) in [6, 6.07) is 7.55. The summed E-state index contributed by atoms with van der Waals surface area (Å²) in [5, 5.41) is 0.717. The van der Waals surface area contributed by atoms with Crippen molar-refractivity contribution in [2.75, 3.05) is 5.73 Å². The minimum atomic E-state index is 0.710. The zero-order chi connectivity index (χ0) is 11.7. The highest BCUT2D eigenvalue weighted by atomic mass is 35.5. The lowest BCUT2D eigenvalue weighted by Crippen LogP contribution is -2.02. The molecular weight excluding hydrogens is 222 g/mol. The molecule has 0 amide bonds. The van der Waals surface area contributed by atoms with E-state index in [4.69, 9.17) is 17.3 Å². The highest BCUT2D eigenvalue weighted by Gasteiger charge is 2.11. The Balaban J connectivity index is 2.52. The van der Waals surface area contributed by atoms with Gasteiger partial charge in [0.15, 0.2) is 0 Å². The van der Waals surface area contributed by atoms with Crippen LogP contribution in [0.3, 0.4) is 0 Å². The van der Waals surface area contributed by atoms with Crippen molar-refractivity contribution in [1.82, 2.24) is 9.55 Å². The third-order valence-corrected chi connectivity index (χ3v) is 2.88. The maximum Gasteiger partial charge on any atom is 0.131 e. The van der Waals surface area contributed by atoms with Crippen LogP contribution in [-0.4, -0.2) is 9.55 Å². The van der Waals surface area contributed by atoms with E-state index < -0.39 is 0 Å². The molecule has 0 saturated heterocycles. The van der Waals surface area contributed by atoms with Gasteiger partial charge in [-0.1, -0.05) is 23.7 Å². The van der Waals surface area contributed by atoms with E-state index in [1.807, 2.05) is 35.8 Å². The first kappa shape index (κ1) is 11.0. The summed E-state index contributed by atoms with van der Waals surface area (Å²) >= 11 is 5.85. The number of rotatable bonds is 2. The molecule has 2 N–H and O–H groups in total. The van der Waals surface area contributed by atoms with Gasteiger partial charge in [-0.2, -0.15) is 0 Å². The van der Waals surface area contributed by atoms with Crippen molar-refractivity contribution in [2.24, 2.45) is 0 Å². The van der Waals surface area contributed by atoms with Crippen molar-refractivity contribution in [2.45, 2.75) is 20.4 Å². The van der Waals surface area contributed by atoms with Crippen molar-refractivity contribution in [3.63, 3.8) is 0 Å². The summed E-state index contributed by atoms with van der Waals surface area (Å²) in [5.41, 5.74) is 7.88. The molecule has 1 aromatic carbocycles. The molecule has 2 aromatic rings. The Morgan fingerprint density at radius 1 is 1.31 bits per heavy atom. The van der Waals surface area contributed by atoms with Gasteiger partial charge in [0.2, 0.25) is 0 Å². The molecule has 4 heteroatoms. The van der Waals surface area contributed by atoms with Crippen LogP contribution in [0.1, 0.15) is 12.7 Å². The fourth-order valence-corrected chi connectivity index (χ4v) is 1.93. The van der Waals surface area contributed by atoms with E-state index in [2.05, 4.69) is 11.9 Å². The maximum atomic E-state index is 6.05. The third-order valence-electron chi connectivity index (χ3n) is 2.63. The second kappa shape index (κ2) is 4.18. The molecule has 0 fully saturated rings. The van der Waals surface area contributed by atoms with Crippen molar-refractivity contribution in [3.05, 3.63) is 35.1 Å². The molecule has 1 heterocycles. The van der Waals surface area contributed by atoms with Crippen molar-refractivity contribution >= 4 is 17.4 Å². The second-order valence-corrected chi connectivity index (χ2v) is 4.08. The highest BCUT2D eigenvalue weighted by molar-refractivity contribution is 6.30. The largest absolute Gasteiger partial charge is 0.383 e. The van der Waals surface area contributed by atoms with E-state index in [-0.39, 0.29) is 0 Å². The van der Waals surface area contributed by atoms with E-state index in [9.17, 15) is 0 Å². The zero-order valence-electron chi connectivity index (χ0n) is 9.37. The van der Waals surface area contributed by atoms with E-state index >= 15 is 0 Å².